The molecule has 4 nitrogen and oxygen atoms in total. The zero-order valence-corrected chi connectivity index (χ0v) is 10.6. The molecular weight excluding hydrogens is 224 g/mol. The van der Waals surface area contributed by atoms with Crippen LogP contribution in [0.4, 0.5) is 0 Å². The maximum Gasteiger partial charge on any atom is 0.178 e. The van der Waals surface area contributed by atoms with Gasteiger partial charge in [0.25, 0.3) is 0 Å². The van der Waals surface area contributed by atoms with Gasteiger partial charge in [-0.3, -0.25) is 4.98 Å². The molecule has 0 aliphatic heterocycles. The van der Waals surface area contributed by atoms with E-state index >= 15 is 0 Å². The molecule has 0 saturated heterocycles. The maximum atomic E-state index is 4.59. The summed E-state index contributed by atoms with van der Waals surface area (Å²) >= 11 is 0. The average Bonchev–Trinajstić information content (AvgIpc) is 3.22. The van der Waals surface area contributed by atoms with E-state index in [-0.39, 0.29) is 0 Å². The van der Waals surface area contributed by atoms with Crippen LogP contribution in [0.1, 0.15) is 25.5 Å². The van der Waals surface area contributed by atoms with Crippen molar-refractivity contribution in [2.45, 2.75) is 32.2 Å². The molecule has 4 heteroatoms. The van der Waals surface area contributed by atoms with Gasteiger partial charge in [0, 0.05) is 30.6 Å². The summed E-state index contributed by atoms with van der Waals surface area (Å²) in [6.07, 6.45) is 7.10. The van der Waals surface area contributed by atoms with E-state index in [0.29, 0.717) is 6.04 Å². The van der Waals surface area contributed by atoms with Gasteiger partial charge in [-0.1, -0.05) is 6.92 Å². The molecule has 1 N–H and O–H groups in total. The summed E-state index contributed by atoms with van der Waals surface area (Å²) in [4.78, 5) is 13.1. The molecule has 1 aliphatic rings. The van der Waals surface area contributed by atoms with Gasteiger partial charge >= 0.3 is 0 Å². The van der Waals surface area contributed by atoms with E-state index in [1.165, 1.54) is 12.8 Å². The van der Waals surface area contributed by atoms with Gasteiger partial charge in [0.1, 0.15) is 5.52 Å². The Morgan fingerprint density at radius 3 is 2.89 bits per heavy atom. The zero-order valence-electron chi connectivity index (χ0n) is 10.6. The van der Waals surface area contributed by atoms with Crippen molar-refractivity contribution in [3.05, 3.63) is 30.2 Å². The van der Waals surface area contributed by atoms with Gasteiger partial charge in [0.05, 0.1) is 0 Å². The Hall–Kier alpha value is -1.55. The SMILES string of the molecule is CCNC(Cc1ccc2nccnc2n1)C1CC1. The molecule has 0 spiro atoms. The summed E-state index contributed by atoms with van der Waals surface area (Å²) in [5, 5.41) is 3.57. The van der Waals surface area contributed by atoms with Crippen LogP contribution in [0.2, 0.25) is 0 Å². The fourth-order valence-corrected chi connectivity index (χ4v) is 2.40. The second kappa shape index (κ2) is 4.98. The lowest BCUT2D eigenvalue weighted by atomic mass is 10.1. The molecule has 2 heterocycles. The molecule has 1 atom stereocenters. The molecule has 18 heavy (non-hydrogen) atoms. The molecule has 1 aliphatic carbocycles. The van der Waals surface area contributed by atoms with Crippen LogP contribution in [0.25, 0.3) is 11.2 Å². The smallest absolute Gasteiger partial charge is 0.178 e. The van der Waals surface area contributed by atoms with E-state index < -0.39 is 0 Å². The molecule has 0 bridgehead atoms. The van der Waals surface area contributed by atoms with E-state index in [1.807, 2.05) is 6.07 Å². The number of nitrogens with one attached hydrogen (secondary N) is 1. The Labute approximate surface area is 107 Å². The van der Waals surface area contributed by atoms with Crippen molar-refractivity contribution in [1.29, 1.82) is 0 Å². The number of nitrogens with zero attached hydrogens (tertiary/aromatic N) is 3. The molecule has 1 unspecified atom stereocenters. The van der Waals surface area contributed by atoms with Crippen LogP contribution in [0, 0.1) is 5.92 Å². The van der Waals surface area contributed by atoms with Gasteiger partial charge in [-0.2, -0.15) is 0 Å². The van der Waals surface area contributed by atoms with Crippen molar-refractivity contribution in [1.82, 2.24) is 20.3 Å². The third kappa shape index (κ3) is 2.48. The summed E-state index contributed by atoms with van der Waals surface area (Å²) in [5.74, 6) is 0.837. The quantitative estimate of drug-likeness (QED) is 0.870. The number of hydrogen-bond acceptors (Lipinski definition) is 4. The number of hydrogen-bond donors (Lipinski definition) is 1. The minimum Gasteiger partial charge on any atom is -0.314 e. The summed E-state index contributed by atoms with van der Waals surface area (Å²) in [5.41, 5.74) is 2.73. The Bertz CT molecular complexity index is 536. The minimum absolute atomic E-state index is 0.566. The van der Waals surface area contributed by atoms with Gasteiger partial charge in [-0.05, 0) is 37.4 Å². The second-order valence-corrected chi connectivity index (χ2v) is 4.91. The molecule has 0 amide bonds. The van der Waals surface area contributed by atoms with Crippen LogP contribution < -0.4 is 5.32 Å². The molecule has 0 aromatic carbocycles. The first-order valence-corrected chi connectivity index (χ1v) is 6.67. The number of rotatable bonds is 5. The van der Waals surface area contributed by atoms with Crippen molar-refractivity contribution in [3.63, 3.8) is 0 Å². The van der Waals surface area contributed by atoms with E-state index in [0.717, 1.165) is 35.7 Å². The van der Waals surface area contributed by atoms with Gasteiger partial charge in [-0.15, -0.1) is 0 Å². The van der Waals surface area contributed by atoms with E-state index in [9.17, 15) is 0 Å². The lowest BCUT2D eigenvalue weighted by molar-refractivity contribution is 0.469. The average molecular weight is 242 g/mol. The molecule has 2 aromatic heterocycles. The third-order valence-electron chi connectivity index (χ3n) is 3.48. The van der Waals surface area contributed by atoms with Crippen molar-refractivity contribution in [2.75, 3.05) is 6.54 Å². The summed E-state index contributed by atoms with van der Waals surface area (Å²) in [6, 6.07) is 4.65. The van der Waals surface area contributed by atoms with Crippen molar-refractivity contribution in [3.8, 4) is 0 Å². The van der Waals surface area contributed by atoms with E-state index in [4.69, 9.17) is 0 Å². The lowest BCUT2D eigenvalue weighted by Crippen LogP contribution is -2.33. The first-order valence-electron chi connectivity index (χ1n) is 6.67. The van der Waals surface area contributed by atoms with Gasteiger partial charge in [-0.25, -0.2) is 9.97 Å². The maximum absolute atomic E-state index is 4.59. The van der Waals surface area contributed by atoms with Crippen LogP contribution in [0.3, 0.4) is 0 Å². The fourth-order valence-electron chi connectivity index (χ4n) is 2.40. The first kappa shape index (κ1) is 11.5. The zero-order chi connectivity index (χ0) is 12.4. The highest BCUT2D eigenvalue weighted by atomic mass is 14.9. The first-order chi connectivity index (χ1) is 8.86. The molecule has 2 aromatic rings. The number of aromatic nitrogens is 3. The molecule has 1 fully saturated rings. The molecule has 3 rings (SSSR count). The van der Waals surface area contributed by atoms with Gasteiger partial charge in [0.15, 0.2) is 5.65 Å². The Kier molecular flexibility index (Phi) is 3.19. The van der Waals surface area contributed by atoms with Crippen molar-refractivity contribution < 1.29 is 0 Å². The monoisotopic (exact) mass is 242 g/mol. The van der Waals surface area contributed by atoms with Crippen LogP contribution in [0.5, 0.6) is 0 Å². The van der Waals surface area contributed by atoms with Crippen LogP contribution in [0.15, 0.2) is 24.5 Å². The van der Waals surface area contributed by atoms with Crippen molar-refractivity contribution >= 4 is 11.2 Å². The van der Waals surface area contributed by atoms with Crippen LogP contribution in [-0.4, -0.2) is 27.5 Å². The molecule has 1 saturated carbocycles. The van der Waals surface area contributed by atoms with Crippen LogP contribution in [-0.2, 0) is 6.42 Å². The number of likely N-dealkylation sites (N-methyl/N-ethyl adjacent to an activating group) is 1. The molecule has 94 valence electrons. The highest BCUT2D eigenvalue weighted by Gasteiger charge is 2.30. The van der Waals surface area contributed by atoms with Crippen LogP contribution >= 0.6 is 0 Å². The Balaban J connectivity index is 1.80. The topological polar surface area (TPSA) is 50.7 Å². The number of fused-ring (bicyclic) bond motifs is 1. The normalized spacial score (nSPS) is 16.9. The second-order valence-electron chi connectivity index (χ2n) is 4.91. The largest absolute Gasteiger partial charge is 0.314 e. The van der Waals surface area contributed by atoms with Crippen molar-refractivity contribution in [2.24, 2.45) is 5.92 Å². The predicted octanol–water partition coefficient (Wildman–Crippen LogP) is 1.96. The van der Waals surface area contributed by atoms with E-state index in [2.05, 4.69) is 33.3 Å². The highest BCUT2D eigenvalue weighted by Crippen LogP contribution is 2.33. The predicted molar refractivity (Wildman–Crippen MR) is 71.2 cm³/mol. The standard InChI is InChI=1S/C14H18N4/c1-2-15-13(10-3-4-10)9-11-5-6-12-14(18-11)17-8-7-16-12/h5-8,10,13,15H,2-4,9H2,1H3. The number of pyridine rings is 1. The summed E-state index contributed by atoms with van der Waals surface area (Å²) < 4.78 is 0. The minimum atomic E-state index is 0.566. The third-order valence-corrected chi connectivity index (χ3v) is 3.48. The van der Waals surface area contributed by atoms with E-state index in [1.54, 1.807) is 12.4 Å². The van der Waals surface area contributed by atoms with Gasteiger partial charge in [0.2, 0.25) is 0 Å². The molecule has 0 radical (unpaired) electrons. The molecular formula is C14H18N4. The van der Waals surface area contributed by atoms with Gasteiger partial charge < -0.3 is 5.32 Å². The fraction of sp³-hybridized carbons (Fsp3) is 0.500. The summed E-state index contributed by atoms with van der Waals surface area (Å²) in [6.45, 7) is 3.18. The Morgan fingerprint density at radius 1 is 1.28 bits per heavy atom. The lowest BCUT2D eigenvalue weighted by Gasteiger charge is -2.16. The highest BCUT2D eigenvalue weighted by molar-refractivity contribution is 5.68. The Morgan fingerprint density at radius 2 is 2.11 bits per heavy atom. The summed E-state index contributed by atoms with van der Waals surface area (Å²) in [7, 11) is 0.